The average molecular weight is 289 g/mol. The highest BCUT2D eigenvalue weighted by Gasteiger charge is 2.25. The fourth-order valence-corrected chi connectivity index (χ4v) is 2.52. The number of carbonyl (C=O) groups excluding carboxylic acids is 2. The van der Waals surface area contributed by atoms with Crippen molar-refractivity contribution in [1.29, 1.82) is 0 Å². The molecule has 21 heavy (non-hydrogen) atoms. The lowest BCUT2D eigenvalue weighted by Gasteiger charge is -2.21. The minimum atomic E-state index is -0.912. The zero-order valence-electron chi connectivity index (χ0n) is 12.9. The molecule has 0 bridgehead atoms. The summed E-state index contributed by atoms with van der Waals surface area (Å²) >= 11 is 0. The molecule has 0 heterocycles. The Bertz CT molecular complexity index is 558. The largest absolute Gasteiger partial charge is 0.459 e. The number of aryl methyl sites for hydroxylation is 2. The Kier molecular flexibility index (Phi) is 4.47. The van der Waals surface area contributed by atoms with Gasteiger partial charge < -0.3 is 10.5 Å². The number of fused-ring (bicyclic) bond motifs is 1. The van der Waals surface area contributed by atoms with E-state index in [0.717, 1.165) is 19.3 Å². The molecule has 2 N–H and O–H groups in total. The quantitative estimate of drug-likeness (QED) is 0.682. The Labute approximate surface area is 125 Å². The Hall–Kier alpha value is -1.68. The summed E-state index contributed by atoms with van der Waals surface area (Å²) in [7, 11) is 0. The van der Waals surface area contributed by atoms with Gasteiger partial charge >= 0.3 is 5.97 Å². The van der Waals surface area contributed by atoms with E-state index in [1.165, 1.54) is 11.1 Å². The van der Waals surface area contributed by atoms with Crippen molar-refractivity contribution in [3.8, 4) is 0 Å². The maximum absolute atomic E-state index is 12.2. The van der Waals surface area contributed by atoms with Crippen molar-refractivity contribution in [1.82, 2.24) is 0 Å². The lowest BCUT2D eigenvalue weighted by molar-refractivity contribution is -0.156. The van der Waals surface area contributed by atoms with Gasteiger partial charge in [0.05, 0.1) is 0 Å². The Morgan fingerprint density at radius 2 is 1.90 bits per heavy atom. The molecule has 4 heteroatoms. The number of ether oxygens (including phenoxy) is 1. The maximum Gasteiger partial charge on any atom is 0.323 e. The van der Waals surface area contributed by atoms with Gasteiger partial charge in [-0.3, -0.25) is 9.59 Å². The minimum absolute atomic E-state index is 0.0201. The van der Waals surface area contributed by atoms with E-state index < -0.39 is 17.6 Å². The third kappa shape index (κ3) is 4.14. The van der Waals surface area contributed by atoms with Crippen LogP contribution >= 0.6 is 0 Å². The van der Waals surface area contributed by atoms with E-state index in [1.54, 1.807) is 20.8 Å². The van der Waals surface area contributed by atoms with Crippen molar-refractivity contribution in [2.24, 2.45) is 5.73 Å². The molecule has 0 saturated heterocycles. The number of rotatable bonds is 4. The van der Waals surface area contributed by atoms with Crippen LogP contribution in [0.5, 0.6) is 0 Å². The van der Waals surface area contributed by atoms with E-state index in [0.29, 0.717) is 5.56 Å². The zero-order valence-corrected chi connectivity index (χ0v) is 12.9. The first-order valence-corrected chi connectivity index (χ1v) is 7.40. The smallest absolute Gasteiger partial charge is 0.323 e. The van der Waals surface area contributed by atoms with Crippen LogP contribution < -0.4 is 5.73 Å². The number of hydrogen-bond acceptors (Lipinski definition) is 4. The molecule has 114 valence electrons. The third-order valence-electron chi connectivity index (χ3n) is 3.54. The van der Waals surface area contributed by atoms with Crippen molar-refractivity contribution in [2.45, 2.75) is 58.1 Å². The van der Waals surface area contributed by atoms with E-state index in [2.05, 4.69) is 0 Å². The van der Waals surface area contributed by atoms with Crippen LogP contribution in [0, 0.1) is 0 Å². The van der Waals surface area contributed by atoms with E-state index in [1.807, 2.05) is 18.2 Å². The van der Waals surface area contributed by atoms with E-state index in [4.69, 9.17) is 10.5 Å². The minimum Gasteiger partial charge on any atom is -0.459 e. The van der Waals surface area contributed by atoms with Gasteiger partial charge in [-0.25, -0.2) is 0 Å². The maximum atomic E-state index is 12.2. The van der Waals surface area contributed by atoms with Crippen molar-refractivity contribution in [3.63, 3.8) is 0 Å². The van der Waals surface area contributed by atoms with Gasteiger partial charge in [0.1, 0.15) is 11.6 Å². The summed E-state index contributed by atoms with van der Waals surface area (Å²) in [6, 6.07) is 4.86. The fourth-order valence-electron chi connectivity index (χ4n) is 2.52. The third-order valence-corrected chi connectivity index (χ3v) is 3.54. The molecule has 1 aliphatic rings. The highest BCUT2D eigenvalue weighted by atomic mass is 16.6. The van der Waals surface area contributed by atoms with Crippen molar-refractivity contribution < 1.29 is 14.3 Å². The van der Waals surface area contributed by atoms with E-state index >= 15 is 0 Å². The molecule has 0 saturated carbocycles. The number of hydrogen-bond donors (Lipinski definition) is 1. The zero-order chi connectivity index (χ0) is 15.6. The second-order valence-electron chi connectivity index (χ2n) is 6.60. The van der Waals surface area contributed by atoms with E-state index in [-0.39, 0.29) is 12.2 Å². The Morgan fingerprint density at radius 3 is 2.57 bits per heavy atom. The molecule has 0 amide bonds. The first kappa shape index (κ1) is 15.7. The molecule has 0 radical (unpaired) electrons. The molecule has 0 spiro atoms. The van der Waals surface area contributed by atoms with Crippen LogP contribution in [-0.2, 0) is 22.4 Å². The molecule has 1 unspecified atom stereocenters. The Morgan fingerprint density at radius 1 is 1.24 bits per heavy atom. The van der Waals surface area contributed by atoms with Gasteiger partial charge in [0.2, 0.25) is 0 Å². The normalized spacial score (nSPS) is 15.4. The summed E-state index contributed by atoms with van der Waals surface area (Å²) in [5, 5.41) is 0. The number of nitrogens with two attached hydrogens (primary N) is 1. The van der Waals surface area contributed by atoms with Crippen molar-refractivity contribution >= 4 is 11.8 Å². The number of ketones is 1. The van der Waals surface area contributed by atoms with Crippen LogP contribution in [0.15, 0.2) is 18.2 Å². The summed E-state index contributed by atoms with van der Waals surface area (Å²) in [6.07, 6.45) is 3.23. The SMILES string of the molecule is CC(C)(C)OC(=O)C(N)CC(=O)c1ccc2c(c1)CCC2. The number of benzene rings is 1. The summed E-state index contributed by atoms with van der Waals surface area (Å²) < 4.78 is 5.19. The Balaban J connectivity index is 1.99. The molecule has 1 aliphatic carbocycles. The van der Waals surface area contributed by atoms with Gasteiger partial charge in [0.15, 0.2) is 5.78 Å². The van der Waals surface area contributed by atoms with Gasteiger partial charge in [0, 0.05) is 12.0 Å². The van der Waals surface area contributed by atoms with Crippen LogP contribution in [-0.4, -0.2) is 23.4 Å². The lowest BCUT2D eigenvalue weighted by atomic mass is 10.00. The van der Waals surface area contributed by atoms with Gasteiger partial charge in [-0.05, 0) is 57.2 Å². The molecular weight excluding hydrogens is 266 g/mol. The van der Waals surface area contributed by atoms with Crippen LogP contribution in [0.25, 0.3) is 0 Å². The van der Waals surface area contributed by atoms with Crippen LogP contribution in [0.3, 0.4) is 0 Å². The van der Waals surface area contributed by atoms with Crippen LogP contribution in [0.1, 0.15) is 55.1 Å². The molecular formula is C17H23NO3. The highest BCUT2D eigenvalue weighted by Crippen LogP contribution is 2.23. The second kappa shape index (κ2) is 5.98. The summed E-state index contributed by atoms with van der Waals surface area (Å²) in [5.41, 5.74) is 8.39. The first-order valence-electron chi connectivity index (χ1n) is 7.40. The summed E-state index contributed by atoms with van der Waals surface area (Å²) in [6.45, 7) is 5.33. The first-order chi connectivity index (χ1) is 9.76. The standard InChI is InChI=1S/C17H23NO3/c1-17(2,3)21-16(20)14(18)10-15(19)13-8-7-11-5-4-6-12(11)9-13/h7-9,14H,4-6,10,18H2,1-3H3. The molecule has 4 nitrogen and oxygen atoms in total. The van der Waals surface area contributed by atoms with Crippen LogP contribution in [0.2, 0.25) is 0 Å². The summed E-state index contributed by atoms with van der Waals surface area (Å²) in [5.74, 6) is -0.639. The molecule has 0 aliphatic heterocycles. The topological polar surface area (TPSA) is 69.4 Å². The number of carbonyl (C=O) groups is 2. The molecule has 0 aromatic heterocycles. The lowest BCUT2D eigenvalue weighted by Crippen LogP contribution is -2.38. The fraction of sp³-hybridized carbons (Fsp3) is 0.529. The van der Waals surface area contributed by atoms with Gasteiger partial charge in [-0.2, -0.15) is 0 Å². The number of Topliss-reactive ketones (excluding diaryl/α,β-unsaturated/α-hetero) is 1. The van der Waals surface area contributed by atoms with E-state index in [9.17, 15) is 9.59 Å². The average Bonchev–Trinajstić information content (AvgIpc) is 2.83. The molecule has 1 aromatic rings. The second-order valence-corrected chi connectivity index (χ2v) is 6.60. The summed E-state index contributed by atoms with van der Waals surface area (Å²) in [4.78, 5) is 24.1. The molecule has 1 aromatic carbocycles. The monoisotopic (exact) mass is 289 g/mol. The van der Waals surface area contributed by atoms with Crippen LogP contribution in [0.4, 0.5) is 0 Å². The predicted octanol–water partition coefficient (Wildman–Crippen LogP) is 2.42. The molecule has 1 atom stereocenters. The molecule has 0 fully saturated rings. The van der Waals surface area contributed by atoms with Gasteiger partial charge in [-0.1, -0.05) is 12.1 Å². The molecule has 2 rings (SSSR count). The number of esters is 1. The van der Waals surface area contributed by atoms with Gasteiger partial charge in [-0.15, -0.1) is 0 Å². The van der Waals surface area contributed by atoms with Crippen molar-refractivity contribution in [2.75, 3.05) is 0 Å². The van der Waals surface area contributed by atoms with Crippen molar-refractivity contribution in [3.05, 3.63) is 34.9 Å². The highest BCUT2D eigenvalue weighted by molar-refractivity contribution is 5.99. The predicted molar refractivity (Wildman–Crippen MR) is 81.2 cm³/mol. The van der Waals surface area contributed by atoms with Gasteiger partial charge in [0.25, 0.3) is 0 Å².